The van der Waals surface area contributed by atoms with Crippen LogP contribution in [0.1, 0.15) is 38.5 Å². The Morgan fingerprint density at radius 3 is 2.64 bits per heavy atom. The van der Waals surface area contributed by atoms with Crippen LogP contribution < -0.4 is 0 Å². The van der Waals surface area contributed by atoms with Gasteiger partial charge in [0.2, 0.25) is 0 Å². The van der Waals surface area contributed by atoms with Crippen molar-refractivity contribution >= 4 is 5.97 Å². The van der Waals surface area contributed by atoms with E-state index in [4.69, 9.17) is 4.74 Å². The molecule has 1 unspecified atom stereocenters. The highest BCUT2D eigenvalue weighted by Crippen LogP contribution is 2.52. The average molecular weight is 198 g/mol. The summed E-state index contributed by atoms with van der Waals surface area (Å²) in [7, 11) is 1.42. The average Bonchev–Trinajstić information content (AvgIpc) is 2.76. The summed E-state index contributed by atoms with van der Waals surface area (Å²) in [6.45, 7) is 0. The van der Waals surface area contributed by atoms with Crippen LogP contribution in [-0.2, 0) is 9.53 Å². The SMILES string of the molecule is COC(=O)[C@H]1CC(O)C2(CCCC2)C1. The molecule has 0 bridgehead atoms. The van der Waals surface area contributed by atoms with E-state index in [1.54, 1.807) is 0 Å². The van der Waals surface area contributed by atoms with Gasteiger partial charge in [0.25, 0.3) is 0 Å². The molecule has 0 aliphatic heterocycles. The summed E-state index contributed by atoms with van der Waals surface area (Å²) >= 11 is 0. The van der Waals surface area contributed by atoms with E-state index in [1.165, 1.54) is 20.0 Å². The summed E-state index contributed by atoms with van der Waals surface area (Å²) < 4.78 is 4.74. The highest BCUT2D eigenvalue weighted by atomic mass is 16.5. The molecular weight excluding hydrogens is 180 g/mol. The van der Waals surface area contributed by atoms with Crippen molar-refractivity contribution in [3.8, 4) is 0 Å². The van der Waals surface area contributed by atoms with Gasteiger partial charge in [-0.2, -0.15) is 0 Å². The maximum Gasteiger partial charge on any atom is 0.308 e. The van der Waals surface area contributed by atoms with E-state index in [1.807, 2.05) is 0 Å². The topological polar surface area (TPSA) is 46.5 Å². The van der Waals surface area contributed by atoms with Crippen LogP contribution in [0.25, 0.3) is 0 Å². The molecular formula is C11H18O3. The number of hydrogen-bond acceptors (Lipinski definition) is 3. The van der Waals surface area contributed by atoms with Gasteiger partial charge in [-0.05, 0) is 31.1 Å². The quantitative estimate of drug-likeness (QED) is 0.649. The molecule has 0 radical (unpaired) electrons. The Bertz CT molecular complexity index is 231. The number of carbonyl (C=O) groups excluding carboxylic acids is 1. The summed E-state index contributed by atoms with van der Waals surface area (Å²) in [4.78, 5) is 11.4. The largest absolute Gasteiger partial charge is 0.469 e. The van der Waals surface area contributed by atoms with Crippen molar-refractivity contribution in [1.29, 1.82) is 0 Å². The van der Waals surface area contributed by atoms with E-state index < -0.39 is 0 Å². The van der Waals surface area contributed by atoms with Gasteiger partial charge in [0.1, 0.15) is 0 Å². The molecule has 3 nitrogen and oxygen atoms in total. The van der Waals surface area contributed by atoms with Crippen LogP contribution in [-0.4, -0.2) is 24.3 Å². The second-order valence-electron chi connectivity index (χ2n) is 4.75. The molecule has 2 aliphatic carbocycles. The van der Waals surface area contributed by atoms with Gasteiger partial charge in [0.15, 0.2) is 0 Å². The normalized spacial score (nSPS) is 35.0. The summed E-state index contributed by atoms with van der Waals surface area (Å²) in [5.74, 6) is -0.207. The molecule has 2 fully saturated rings. The second-order valence-corrected chi connectivity index (χ2v) is 4.75. The van der Waals surface area contributed by atoms with Crippen molar-refractivity contribution in [2.75, 3.05) is 7.11 Å². The predicted molar refractivity (Wildman–Crippen MR) is 51.6 cm³/mol. The van der Waals surface area contributed by atoms with Gasteiger partial charge < -0.3 is 9.84 Å². The fourth-order valence-electron chi connectivity index (χ4n) is 3.19. The maximum absolute atomic E-state index is 11.4. The van der Waals surface area contributed by atoms with Gasteiger partial charge >= 0.3 is 5.97 Å². The van der Waals surface area contributed by atoms with E-state index in [2.05, 4.69) is 0 Å². The van der Waals surface area contributed by atoms with Crippen LogP contribution in [0.2, 0.25) is 0 Å². The fourth-order valence-corrected chi connectivity index (χ4v) is 3.19. The van der Waals surface area contributed by atoms with Crippen molar-refractivity contribution in [3.05, 3.63) is 0 Å². The molecule has 2 rings (SSSR count). The summed E-state index contributed by atoms with van der Waals surface area (Å²) in [6, 6.07) is 0. The van der Waals surface area contributed by atoms with Crippen molar-refractivity contribution < 1.29 is 14.6 Å². The smallest absolute Gasteiger partial charge is 0.308 e. The molecule has 14 heavy (non-hydrogen) atoms. The Hall–Kier alpha value is -0.570. The lowest BCUT2D eigenvalue weighted by Gasteiger charge is -2.26. The molecule has 0 aromatic rings. The van der Waals surface area contributed by atoms with Crippen LogP contribution in [0.15, 0.2) is 0 Å². The Morgan fingerprint density at radius 1 is 1.43 bits per heavy atom. The summed E-state index contributed by atoms with van der Waals surface area (Å²) in [6.07, 6.45) is 5.72. The van der Waals surface area contributed by atoms with E-state index in [0.29, 0.717) is 6.42 Å². The lowest BCUT2D eigenvalue weighted by molar-refractivity contribution is -0.145. The van der Waals surface area contributed by atoms with Gasteiger partial charge in [0, 0.05) is 0 Å². The molecule has 3 heteroatoms. The minimum atomic E-state index is -0.283. The standard InChI is InChI=1S/C11H18O3/c1-14-10(13)8-6-9(12)11(7-8)4-2-3-5-11/h8-9,12H,2-7H2,1H3/t8-,9?/m0/s1. The van der Waals surface area contributed by atoms with Gasteiger partial charge in [-0.15, -0.1) is 0 Å². The molecule has 0 saturated heterocycles. The zero-order chi connectivity index (χ0) is 10.2. The number of ether oxygens (including phenoxy) is 1. The highest BCUT2D eigenvalue weighted by molar-refractivity contribution is 5.72. The predicted octanol–water partition coefficient (Wildman–Crippen LogP) is 1.49. The number of rotatable bonds is 1. The van der Waals surface area contributed by atoms with Gasteiger partial charge in [-0.3, -0.25) is 4.79 Å². The fraction of sp³-hybridized carbons (Fsp3) is 0.909. The molecule has 0 aromatic carbocycles. The first-order valence-corrected chi connectivity index (χ1v) is 5.44. The summed E-state index contributed by atoms with van der Waals surface area (Å²) in [5.41, 5.74) is 0.0544. The number of aliphatic hydroxyl groups is 1. The number of carbonyl (C=O) groups is 1. The van der Waals surface area contributed by atoms with Crippen molar-refractivity contribution in [3.63, 3.8) is 0 Å². The Labute approximate surface area is 84.4 Å². The maximum atomic E-state index is 11.4. The molecule has 2 atom stereocenters. The Morgan fingerprint density at radius 2 is 2.07 bits per heavy atom. The van der Waals surface area contributed by atoms with Crippen LogP contribution in [0.4, 0.5) is 0 Å². The number of aliphatic hydroxyl groups excluding tert-OH is 1. The zero-order valence-corrected chi connectivity index (χ0v) is 8.66. The van der Waals surface area contributed by atoms with Gasteiger partial charge in [-0.25, -0.2) is 0 Å². The van der Waals surface area contributed by atoms with Crippen molar-refractivity contribution in [2.45, 2.75) is 44.6 Å². The molecule has 0 aromatic heterocycles. The van der Waals surface area contributed by atoms with E-state index >= 15 is 0 Å². The van der Waals surface area contributed by atoms with Gasteiger partial charge in [0.05, 0.1) is 19.1 Å². The number of hydrogen-bond donors (Lipinski definition) is 1. The molecule has 80 valence electrons. The molecule has 2 aliphatic rings. The van der Waals surface area contributed by atoms with E-state index in [0.717, 1.165) is 19.3 Å². The molecule has 0 heterocycles. The molecule has 2 saturated carbocycles. The minimum Gasteiger partial charge on any atom is -0.469 e. The van der Waals surface area contributed by atoms with Crippen molar-refractivity contribution in [1.82, 2.24) is 0 Å². The lowest BCUT2D eigenvalue weighted by atomic mass is 9.82. The minimum absolute atomic E-state index is 0.0544. The van der Waals surface area contributed by atoms with E-state index in [9.17, 15) is 9.90 Å². The van der Waals surface area contributed by atoms with Crippen LogP contribution in [0.5, 0.6) is 0 Å². The van der Waals surface area contributed by atoms with Crippen LogP contribution in [0, 0.1) is 11.3 Å². The van der Waals surface area contributed by atoms with E-state index in [-0.39, 0.29) is 23.4 Å². The molecule has 1 spiro atoms. The Kier molecular flexibility index (Phi) is 2.52. The first kappa shape index (κ1) is 9.97. The third-order valence-electron chi connectivity index (χ3n) is 4.00. The third kappa shape index (κ3) is 1.44. The first-order chi connectivity index (χ1) is 6.68. The van der Waals surface area contributed by atoms with Crippen LogP contribution >= 0.6 is 0 Å². The highest BCUT2D eigenvalue weighted by Gasteiger charge is 2.50. The Balaban J connectivity index is 2.06. The zero-order valence-electron chi connectivity index (χ0n) is 8.66. The summed E-state index contributed by atoms with van der Waals surface area (Å²) in [5, 5.41) is 9.99. The van der Waals surface area contributed by atoms with Crippen molar-refractivity contribution in [2.24, 2.45) is 11.3 Å². The first-order valence-electron chi connectivity index (χ1n) is 5.44. The monoisotopic (exact) mass is 198 g/mol. The van der Waals surface area contributed by atoms with Gasteiger partial charge in [-0.1, -0.05) is 12.8 Å². The number of esters is 1. The molecule has 0 amide bonds. The number of methoxy groups -OCH3 is 1. The van der Waals surface area contributed by atoms with Crippen LogP contribution in [0.3, 0.4) is 0 Å². The molecule has 1 N–H and O–H groups in total. The lowest BCUT2D eigenvalue weighted by Crippen LogP contribution is -2.26. The second kappa shape index (κ2) is 3.54. The third-order valence-corrected chi connectivity index (χ3v) is 4.00.